The maximum absolute atomic E-state index is 13.8. The Morgan fingerprint density at radius 3 is 2.62 bits per heavy atom. The number of rotatable bonds is 3. The zero-order valence-corrected chi connectivity index (χ0v) is 17.0. The summed E-state index contributed by atoms with van der Waals surface area (Å²) in [6.07, 6.45) is 0. The molecule has 0 saturated carbocycles. The number of hydrogen-bond donors (Lipinski definition) is 2. The normalized spacial score (nSPS) is 10.7. The van der Waals surface area contributed by atoms with Crippen LogP contribution in [0.15, 0.2) is 66.7 Å². The number of nitrogens with one attached hydrogen (secondary N) is 2. The molecule has 0 fully saturated rings. The predicted octanol–water partition coefficient (Wildman–Crippen LogP) is 5.54. The molecule has 1 aromatic heterocycles. The van der Waals surface area contributed by atoms with Crippen LogP contribution < -0.4 is 10.6 Å². The summed E-state index contributed by atoms with van der Waals surface area (Å²) >= 11 is 6.86. The molecule has 29 heavy (non-hydrogen) atoms. The fourth-order valence-electron chi connectivity index (χ4n) is 2.85. The summed E-state index contributed by atoms with van der Waals surface area (Å²) in [7, 11) is 0. The van der Waals surface area contributed by atoms with E-state index >= 15 is 0 Å². The largest absolute Gasteiger partial charge is 0.332 e. The summed E-state index contributed by atoms with van der Waals surface area (Å²) in [5, 5.41) is 6.55. The number of amides is 1. The van der Waals surface area contributed by atoms with Gasteiger partial charge in [-0.1, -0.05) is 36.4 Å². The molecule has 0 saturated heterocycles. The molecule has 0 aliphatic carbocycles. The van der Waals surface area contributed by atoms with Gasteiger partial charge in [0.25, 0.3) is 5.91 Å². The van der Waals surface area contributed by atoms with Crippen molar-refractivity contribution in [2.75, 3.05) is 5.32 Å². The Morgan fingerprint density at radius 2 is 1.83 bits per heavy atom. The maximum atomic E-state index is 13.8. The van der Waals surface area contributed by atoms with Gasteiger partial charge in [0, 0.05) is 11.3 Å². The fraction of sp³-hybridized carbons (Fsp3) is 0.0455. The molecule has 144 valence electrons. The van der Waals surface area contributed by atoms with E-state index in [1.165, 1.54) is 18.2 Å². The summed E-state index contributed by atoms with van der Waals surface area (Å²) in [6, 6.07) is 19.6. The first kappa shape index (κ1) is 19.2. The summed E-state index contributed by atoms with van der Waals surface area (Å²) in [5.74, 6) is -1.19. The molecule has 1 amide bonds. The molecular formula is C22H16FN3OS2. The molecule has 0 bridgehead atoms. The Balaban J connectivity index is 1.54. The molecule has 3 aromatic carbocycles. The highest BCUT2D eigenvalue weighted by Crippen LogP contribution is 2.32. The molecule has 0 radical (unpaired) electrons. The van der Waals surface area contributed by atoms with Crippen LogP contribution in [0.4, 0.5) is 10.1 Å². The highest BCUT2D eigenvalue weighted by molar-refractivity contribution is 7.80. The van der Waals surface area contributed by atoms with Gasteiger partial charge < -0.3 is 5.32 Å². The van der Waals surface area contributed by atoms with Crippen LogP contribution in [0.5, 0.6) is 0 Å². The molecule has 2 N–H and O–H groups in total. The summed E-state index contributed by atoms with van der Waals surface area (Å²) in [5.41, 5.74) is 3.55. The average molecular weight is 422 g/mol. The van der Waals surface area contributed by atoms with E-state index in [2.05, 4.69) is 15.6 Å². The number of carbonyl (C=O) groups excluding carboxylic acids is 1. The lowest BCUT2D eigenvalue weighted by Crippen LogP contribution is -2.34. The number of hydrogen-bond acceptors (Lipinski definition) is 4. The minimum Gasteiger partial charge on any atom is -0.332 e. The van der Waals surface area contributed by atoms with Crippen molar-refractivity contribution in [2.45, 2.75) is 6.92 Å². The third kappa shape index (κ3) is 4.16. The van der Waals surface area contributed by atoms with E-state index in [0.717, 1.165) is 32.0 Å². The minimum atomic E-state index is -0.597. The van der Waals surface area contributed by atoms with Gasteiger partial charge in [0.2, 0.25) is 0 Å². The SMILES string of the molecule is Cc1ccc(-c2nc3ccccc3s2)cc1NC(=S)NC(=O)c1ccccc1F. The number of anilines is 1. The highest BCUT2D eigenvalue weighted by Gasteiger charge is 2.13. The summed E-state index contributed by atoms with van der Waals surface area (Å²) in [4.78, 5) is 16.9. The fourth-order valence-corrected chi connectivity index (χ4v) is 4.02. The van der Waals surface area contributed by atoms with Gasteiger partial charge >= 0.3 is 0 Å². The van der Waals surface area contributed by atoms with Crippen molar-refractivity contribution >= 4 is 50.5 Å². The standard InChI is InChI=1S/C22H16FN3OS2/c1-13-10-11-14(21-24-17-8-4-5-9-19(17)29-21)12-18(13)25-22(28)26-20(27)15-6-2-3-7-16(15)23/h2-12H,1H3,(H2,25,26,27,28). The zero-order chi connectivity index (χ0) is 20.4. The van der Waals surface area contributed by atoms with E-state index in [9.17, 15) is 9.18 Å². The van der Waals surface area contributed by atoms with Crippen LogP contribution in [-0.2, 0) is 0 Å². The zero-order valence-electron chi connectivity index (χ0n) is 15.4. The molecule has 0 atom stereocenters. The number of aryl methyl sites for hydroxylation is 1. The summed E-state index contributed by atoms with van der Waals surface area (Å²) in [6.45, 7) is 1.94. The highest BCUT2D eigenvalue weighted by atomic mass is 32.1. The molecular weight excluding hydrogens is 405 g/mol. The Bertz CT molecular complexity index is 1200. The molecule has 0 unspecified atom stereocenters. The van der Waals surface area contributed by atoms with E-state index in [0.29, 0.717) is 0 Å². The molecule has 4 rings (SSSR count). The van der Waals surface area contributed by atoms with E-state index in [1.807, 2.05) is 49.4 Å². The maximum Gasteiger partial charge on any atom is 0.260 e. The van der Waals surface area contributed by atoms with Crippen LogP contribution >= 0.6 is 23.6 Å². The number of thiazole rings is 1. The quantitative estimate of drug-likeness (QED) is 0.427. The number of halogens is 1. The lowest BCUT2D eigenvalue weighted by molar-refractivity contribution is 0.0974. The Kier molecular flexibility index (Phi) is 5.33. The van der Waals surface area contributed by atoms with Crippen LogP contribution in [0.2, 0.25) is 0 Å². The first-order valence-corrected chi connectivity index (χ1v) is 10.1. The van der Waals surface area contributed by atoms with Crippen molar-refractivity contribution in [1.82, 2.24) is 10.3 Å². The van der Waals surface area contributed by atoms with Crippen LogP contribution in [0, 0.1) is 12.7 Å². The summed E-state index contributed by atoms with van der Waals surface area (Å²) < 4.78 is 14.9. The van der Waals surface area contributed by atoms with Crippen LogP contribution in [0.25, 0.3) is 20.8 Å². The molecule has 4 aromatic rings. The smallest absolute Gasteiger partial charge is 0.260 e. The molecule has 0 spiro atoms. The van der Waals surface area contributed by atoms with Crippen molar-refractivity contribution in [1.29, 1.82) is 0 Å². The molecule has 0 aliphatic rings. The van der Waals surface area contributed by atoms with E-state index in [-0.39, 0.29) is 10.7 Å². The first-order valence-electron chi connectivity index (χ1n) is 8.85. The van der Waals surface area contributed by atoms with E-state index in [4.69, 9.17) is 12.2 Å². The number of nitrogens with zero attached hydrogens (tertiary/aromatic N) is 1. The van der Waals surface area contributed by atoms with Gasteiger partial charge in [-0.25, -0.2) is 9.37 Å². The topological polar surface area (TPSA) is 54.0 Å². The number of aromatic nitrogens is 1. The van der Waals surface area contributed by atoms with E-state index < -0.39 is 11.7 Å². The Morgan fingerprint density at radius 1 is 1.07 bits per heavy atom. The second kappa shape index (κ2) is 8.06. The first-order chi connectivity index (χ1) is 14.0. The second-order valence-electron chi connectivity index (χ2n) is 6.40. The third-order valence-electron chi connectivity index (χ3n) is 4.37. The van der Waals surface area contributed by atoms with Crippen molar-refractivity contribution in [3.63, 3.8) is 0 Å². The van der Waals surface area contributed by atoms with Crippen molar-refractivity contribution < 1.29 is 9.18 Å². The monoisotopic (exact) mass is 421 g/mol. The third-order valence-corrected chi connectivity index (χ3v) is 5.66. The van der Waals surface area contributed by atoms with Crippen molar-refractivity contribution in [2.24, 2.45) is 0 Å². The van der Waals surface area contributed by atoms with Gasteiger partial charge in [0.1, 0.15) is 10.8 Å². The molecule has 4 nitrogen and oxygen atoms in total. The second-order valence-corrected chi connectivity index (χ2v) is 7.84. The van der Waals surface area contributed by atoms with Crippen LogP contribution in [0.1, 0.15) is 15.9 Å². The lowest BCUT2D eigenvalue weighted by atomic mass is 10.1. The van der Waals surface area contributed by atoms with Gasteiger partial charge in [0.15, 0.2) is 5.11 Å². The van der Waals surface area contributed by atoms with Gasteiger partial charge in [-0.15, -0.1) is 11.3 Å². The molecule has 1 heterocycles. The Labute approximate surface area is 176 Å². The van der Waals surface area contributed by atoms with Crippen molar-refractivity contribution in [3.05, 3.63) is 83.7 Å². The lowest BCUT2D eigenvalue weighted by Gasteiger charge is -2.13. The van der Waals surface area contributed by atoms with Gasteiger partial charge in [-0.2, -0.15) is 0 Å². The number of thiocarbonyl (C=S) groups is 1. The number of benzene rings is 3. The minimum absolute atomic E-state index is 0.0587. The Hall–Kier alpha value is -3.16. The van der Waals surface area contributed by atoms with Crippen LogP contribution in [0.3, 0.4) is 0 Å². The molecule has 7 heteroatoms. The van der Waals surface area contributed by atoms with Gasteiger partial charge in [0.05, 0.1) is 15.8 Å². The number of fused-ring (bicyclic) bond motifs is 1. The number of carbonyl (C=O) groups is 1. The number of para-hydroxylation sites is 1. The molecule has 0 aliphatic heterocycles. The predicted molar refractivity (Wildman–Crippen MR) is 120 cm³/mol. The van der Waals surface area contributed by atoms with Gasteiger partial charge in [-0.05, 0) is 55.0 Å². The van der Waals surface area contributed by atoms with Crippen LogP contribution in [-0.4, -0.2) is 16.0 Å². The van der Waals surface area contributed by atoms with Crippen molar-refractivity contribution in [3.8, 4) is 10.6 Å². The average Bonchev–Trinajstić information content (AvgIpc) is 3.14. The van der Waals surface area contributed by atoms with Gasteiger partial charge in [-0.3, -0.25) is 10.1 Å². The van der Waals surface area contributed by atoms with E-state index in [1.54, 1.807) is 17.4 Å².